The van der Waals surface area contributed by atoms with Crippen LogP contribution in [0.5, 0.6) is 11.5 Å². The third-order valence-corrected chi connectivity index (χ3v) is 4.43. The van der Waals surface area contributed by atoms with E-state index in [2.05, 4.69) is 39.6 Å². The average Bonchev–Trinajstić information content (AvgIpc) is 3.31. The van der Waals surface area contributed by atoms with Crippen LogP contribution < -0.4 is 14.8 Å². The number of nitrogens with one attached hydrogen (secondary N) is 2. The smallest absolute Gasteiger partial charge is 0.231 e. The predicted molar refractivity (Wildman–Crippen MR) is 94.3 cm³/mol. The number of aromatic nitrogens is 3. The summed E-state index contributed by atoms with van der Waals surface area (Å²) in [6.07, 6.45) is 6.53. The Morgan fingerprint density at radius 2 is 2.00 bits per heavy atom. The van der Waals surface area contributed by atoms with Crippen LogP contribution in [-0.4, -0.2) is 22.0 Å². The minimum absolute atomic E-state index is 0.278. The Hall–Kier alpha value is -2.86. The summed E-state index contributed by atoms with van der Waals surface area (Å²) in [6.45, 7) is 3.17. The highest BCUT2D eigenvalue weighted by Crippen LogP contribution is 2.36. The van der Waals surface area contributed by atoms with Crippen LogP contribution >= 0.6 is 0 Å². The van der Waals surface area contributed by atoms with Crippen molar-refractivity contribution in [3.8, 4) is 22.8 Å². The molecule has 0 spiro atoms. The quantitative estimate of drug-likeness (QED) is 0.721. The standard InChI is InChI=1S/C19H20N4O2/c1-2-16(13-5-7-20-8-6-13)21-10-15-11-22-23-19(15)14-3-4-17-18(9-14)25-12-24-17/h3-9,11,16,21H,2,10,12H2,1H3,(H,22,23). The number of hydrogen-bond acceptors (Lipinski definition) is 5. The molecule has 1 aliphatic rings. The van der Waals surface area contributed by atoms with Crippen LogP contribution in [0.4, 0.5) is 0 Å². The Bertz CT molecular complexity index is 848. The number of aromatic amines is 1. The summed E-state index contributed by atoms with van der Waals surface area (Å²) < 4.78 is 10.9. The first-order valence-corrected chi connectivity index (χ1v) is 8.40. The third-order valence-electron chi connectivity index (χ3n) is 4.43. The molecule has 0 radical (unpaired) electrons. The minimum Gasteiger partial charge on any atom is -0.454 e. The van der Waals surface area contributed by atoms with Crippen molar-refractivity contribution in [1.82, 2.24) is 20.5 Å². The first kappa shape index (κ1) is 15.7. The molecule has 4 rings (SSSR count). The molecule has 128 valence electrons. The first-order valence-electron chi connectivity index (χ1n) is 8.40. The van der Waals surface area contributed by atoms with Gasteiger partial charge in [-0.05, 0) is 42.3 Å². The molecule has 3 heterocycles. The Morgan fingerprint density at radius 1 is 1.16 bits per heavy atom. The van der Waals surface area contributed by atoms with Crippen molar-refractivity contribution in [3.63, 3.8) is 0 Å². The van der Waals surface area contributed by atoms with Crippen molar-refractivity contribution in [3.05, 3.63) is 60.0 Å². The molecular weight excluding hydrogens is 316 g/mol. The lowest BCUT2D eigenvalue weighted by Gasteiger charge is -2.17. The molecule has 0 fully saturated rings. The number of benzene rings is 1. The van der Waals surface area contributed by atoms with Crippen LogP contribution in [0.3, 0.4) is 0 Å². The number of rotatable bonds is 6. The number of H-pyrrole nitrogens is 1. The normalized spacial score (nSPS) is 13.8. The summed E-state index contributed by atoms with van der Waals surface area (Å²) in [5.41, 5.74) is 4.39. The van der Waals surface area contributed by atoms with Gasteiger partial charge in [0, 0.05) is 36.1 Å². The van der Waals surface area contributed by atoms with Gasteiger partial charge in [-0.2, -0.15) is 5.10 Å². The van der Waals surface area contributed by atoms with E-state index in [1.165, 1.54) is 5.56 Å². The largest absolute Gasteiger partial charge is 0.454 e. The highest BCUT2D eigenvalue weighted by molar-refractivity contribution is 5.66. The van der Waals surface area contributed by atoms with Crippen molar-refractivity contribution in [1.29, 1.82) is 0 Å². The fourth-order valence-electron chi connectivity index (χ4n) is 3.07. The van der Waals surface area contributed by atoms with E-state index in [9.17, 15) is 0 Å². The van der Waals surface area contributed by atoms with E-state index in [-0.39, 0.29) is 12.8 Å². The van der Waals surface area contributed by atoms with E-state index in [1.54, 1.807) is 0 Å². The van der Waals surface area contributed by atoms with Gasteiger partial charge in [-0.25, -0.2) is 0 Å². The van der Waals surface area contributed by atoms with E-state index in [4.69, 9.17) is 9.47 Å². The van der Waals surface area contributed by atoms with Crippen molar-refractivity contribution in [2.24, 2.45) is 0 Å². The van der Waals surface area contributed by atoms with Crippen molar-refractivity contribution < 1.29 is 9.47 Å². The zero-order valence-electron chi connectivity index (χ0n) is 14.0. The van der Waals surface area contributed by atoms with Gasteiger partial charge in [0.15, 0.2) is 11.5 Å². The Kier molecular flexibility index (Phi) is 4.35. The summed E-state index contributed by atoms with van der Waals surface area (Å²) >= 11 is 0. The second-order valence-electron chi connectivity index (χ2n) is 5.96. The number of ether oxygens (including phenoxy) is 2. The lowest BCUT2D eigenvalue weighted by Crippen LogP contribution is -2.20. The van der Waals surface area contributed by atoms with E-state index in [1.807, 2.05) is 36.8 Å². The molecule has 6 nitrogen and oxygen atoms in total. The lowest BCUT2D eigenvalue weighted by molar-refractivity contribution is 0.174. The molecule has 0 amide bonds. The lowest BCUT2D eigenvalue weighted by atomic mass is 10.0. The van der Waals surface area contributed by atoms with Crippen LogP contribution in [0.1, 0.15) is 30.5 Å². The SMILES string of the molecule is CCC(NCc1cn[nH]c1-c1ccc2c(c1)OCO2)c1ccncc1. The summed E-state index contributed by atoms with van der Waals surface area (Å²) in [7, 11) is 0. The highest BCUT2D eigenvalue weighted by atomic mass is 16.7. The van der Waals surface area contributed by atoms with E-state index in [0.717, 1.165) is 41.3 Å². The fourth-order valence-corrected chi connectivity index (χ4v) is 3.07. The fraction of sp³-hybridized carbons (Fsp3) is 0.263. The number of nitrogens with zero attached hydrogens (tertiary/aromatic N) is 2. The van der Waals surface area contributed by atoms with Crippen LogP contribution in [0, 0.1) is 0 Å². The second-order valence-corrected chi connectivity index (χ2v) is 5.96. The zero-order valence-corrected chi connectivity index (χ0v) is 14.0. The number of pyridine rings is 1. The summed E-state index contributed by atoms with van der Waals surface area (Å²) in [6, 6.07) is 10.3. The van der Waals surface area contributed by atoms with Gasteiger partial charge in [0.1, 0.15) is 0 Å². The van der Waals surface area contributed by atoms with Gasteiger partial charge >= 0.3 is 0 Å². The van der Waals surface area contributed by atoms with Crippen molar-refractivity contribution in [2.45, 2.75) is 25.9 Å². The van der Waals surface area contributed by atoms with Crippen LogP contribution in [0.15, 0.2) is 48.9 Å². The molecule has 1 unspecified atom stereocenters. The van der Waals surface area contributed by atoms with Crippen molar-refractivity contribution in [2.75, 3.05) is 6.79 Å². The van der Waals surface area contributed by atoms with Gasteiger partial charge < -0.3 is 14.8 Å². The monoisotopic (exact) mass is 336 g/mol. The highest BCUT2D eigenvalue weighted by Gasteiger charge is 2.17. The van der Waals surface area contributed by atoms with Gasteiger partial charge in [-0.15, -0.1) is 0 Å². The maximum atomic E-state index is 5.47. The molecule has 2 N–H and O–H groups in total. The number of fused-ring (bicyclic) bond motifs is 1. The molecule has 3 aromatic rings. The zero-order chi connectivity index (χ0) is 17.1. The van der Waals surface area contributed by atoms with Gasteiger partial charge in [-0.1, -0.05) is 6.92 Å². The maximum Gasteiger partial charge on any atom is 0.231 e. The molecule has 1 aromatic carbocycles. The summed E-state index contributed by atoms with van der Waals surface area (Å²) in [5, 5.41) is 10.9. The molecule has 0 saturated heterocycles. The van der Waals surface area contributed by atoms with Gasteiger partial charge in [0.05, 0.1) is 11.9 Å². The third kappa shape index (κ3) is 3.21. The molecule has 0 aliphatic carbocycles. The van der Waals surface area contributed by atoms with Crippen LogP contribution in [0.2, 0.25) is 0 Å². The molecule has 0 bridgehead atoms. The van der Waals surface area contributed by atoms with Crippen LogP contribution in [-0.2, 0) is 6.54 Å². The molecular formula is C19H20N4O2. The topological polar surface area (TPSA) is 72.1 Å². The van der Waals surface area contributed by atoms with Gasteiger partial charge in [0.2, 0.25) is 6.79 Å². The Labute approximate surface area is 146 Å². The Balaban J connectivity index is 1.52. The number of hydrogen-bond donors (Lipinski definition) is 2. The van der Waals surface area contributed by atoms with Gasteiger partial charge in [0.25, 0.3) is 0 Å². The van der Waals surface area contributed by atoms with Crippen LogP contribution in [0.25, 0.3) is 11.3 Å². The average molecular weight is 336 g/mol. The van der Waals surface area contributed by atoms with E-state index < -0.39 is 0 Å². The van der Waals surface area contributed by atoms with E-state index >= 15 is 0 Å². The molecule has 2 aromatic heterocycles. The van der Waals surface area contributed by atoms with Gasteiger partial charge in [-0.3, -0.25) is 10.1 Å². The summed E-state index contributed by atoms with van der Waals surface area (Å²) in [5.74, 6) is 1.56. The second kappa shape index (κ2) is 6.94. The molecule has 0 saturated carbocycles. The predicted octanol–water partition coefficient (Wildman–Crippen LogP) is 3.44. The van der Waals surface area contributed by atoms with Crippen molar-refractivity contribution >= 4 is 0 Å². The summed E-state index contributed by atoms with van der Waals surface area (Å²) in [4.78, 5) is 4.09. The maximum absolute atomic E-state index is 5.47. The molecule has 1 aliphatic heterocycles. The van der Waals surface area contributed by atoms with E-state index in [0.29, 0.717) is 0 Å². The minimum atomic E-state index is 0.278. The molecule has 6 heteroatoms. The Morgan fingerprint density at radius 3 is 2.84 bits per heavy atom. The molecule has 25 heavy (non-hydrogen) atoms. The molecule has 1 atom stereocenters. The first-order chi connectivity index (χ1) is 12.3.